The van der Waals surface area contributed by atoms with Gasteiger partial charge in [-0.15, -0.1) is 5.06 Å². The van der Waals surface area contributed by atoms with E-state index in [1.165, 1.54) is 4.90 Å². The molecule has 236 valence electrons. The second-order valence-electron chi connectivity index (χ2n) is 10.2. The molecule has 12 nitrogen and oxygen atoms in total. The number of rotatable bonds is 25. The van der Waals surface area contributed by atoms with Gasteiger partial charge >= 0.3 is 5.97 Å². The molecule has 0 aliphatic rings. The molecule has 0 aliphatic heterocycles. The van der Waals surface area contributed by atoms with Gasteiger partial charge in [0.15, 0.2) is 0 Å². The van der Waals surface area contributed by atoms with Crippen LogP contribution in [0.25, 0.3) is 0 Å². The first-order valence-electron chi connectivity index (χ1n) is 15.3. The quantitative estimate of drug-likeness (QED) is 0.0842. The number of nitrogens with zero attached hydrogens (tertiary/aromatic N) is 2. The average Bonchev–Trinajstić information content (AvgIpc) is 2.93. The van der Waals surface area contributed by atoms with Crippen LogP contribution in [-0.4, -0.2) is 85.2 Å². The van der Waals surface area contributed by atoms with Crippen molar-refractivity contribution in [2.45, 2.75) is 111 Å². The van der Waals surface area contributed by atoms with Crippen LogP contribution in [0.2, 0.25) is 0 Å². The lowest BCUT2D eigenvalue weighted by atomic mass is 10.2. The highest BCUT2D eigenvalue weighted by atomic mass is 16.7. The van der Waals surface area contributed by atoms with Crippen molar-refractivity contribution in [1.29, 1.82) is 0 Å². The number of imide groups is 1. The summed E-state index contributed by atoms with van der Waals surface area (Å²) in [7, 11) is 0. The fourth-order valence-electron chi connectivity index (χ4n) is 3.91. The molecule has 0 atom stereocenters. The summed E-state index contributed by atoms with van der Waals surface area (Å²) in [6, 6.07) is 0. The lowest BCUT2D eigenvalue weighted by Crippen LogP contribution is -2.47. The van der Waals surface area contributed by atoms with E-state index in [1.54, 1.807) is 6.92 Å². The van der Waals surface area contributed by atoms with Crippen molar-refractivity contribution in [3.63, 3.8) is 0 Å². The first-order chi connectivity index (χ1) is 19.8. The molecule has 0 radical (unpaired) electrons. The van der Waals surface area contributed by atoms with E-state index in [4.69, 9.17) is 4.84 Å². The molecule has 0 aromatic heterocycles. The topological polar surface area (TPSA) is 154 Å². The Balaban J connectivity index is 4.50. The Kier molecular flexibility index (Phi) is 24.0. The average molecular weight is 584 g/mol. The summed E-state index contributed by atoms with van der Waals surface area (Å²) in [6.07, 6.45) is 10.8. The van der Waals surface area contributed by atoms with E-state index >= 15 is 0 Å². The molecule has 3 N–H and O–H groups in total. The largest absolute Gasteiger partial charge is 0.355 e. The van der Waals surface area contributed by atoms with Crippen molar-refractivity contribution in [1.82, 2.24) is 25.9 Å². The fraction of sp³-hybridized carbons (Fsp3) is 0.793. The Labute approximate surface area is 245 Å². The van der Waals surface area contributed by atoms with Crippen molar-refractivity contribution >= 4 is 36.0 Å². The van der Waals surface area contributed by atoms with Crippen LogP contribution in [0.1, 0.15) is 111 Å². The molecule has 0 heterocycles. The molecule has 12 heteroatoms. The molecule has 0 fully saturated rings. The summed E-state index contributed by atoms with van der Waals surface area (Å²) in [6.45, 7) is 7.33. The van der Waals surface area contributed by atoms with Crippen LogP contribution in [0.4, 0.5) is 0 Å². The molecule has 0 rings (SSSR count). The third-order valence-electron chi connectivity index (χ3n) is 6.19. The van der Waals surface area contributed by atoms with Crippen molar-refractivity contribution in [3.05, 3.63) is 0 Å². The second kappa shape index (κ2) is 25.9. The van der Waals surface area contributed by atoms with Gasteiger partial charge in [0.05, 0.1) is 19.6 Å². The van der Waals surface area contributed by atoms with Gasteiger partial charge in [0.2, 0.25) is 17.7 Å². The molecule has 0 aliphatic carbocycles. The third-order valence-corrected chi connectivity index (χ3v) is 6.19. The molecular weight excluding hydrogens is 530 g/mol. The van der Waals surface area contributed by atoms with Gasteiger partial charge in [0, 0.05) is 32.5 Å². The Morgan fingerprint density at radius 3 is 1.41 bits per heavy atom. The Hall–Kier alpha value is -3.02. The monoisotopic (exact) mass is 583 g/mol. The zero-order valence-electron chi connectivity index (χ0n) is 25.5. The van der Waals surface area contributed by atoms with Gasteiger partial charge in [-0.3, -0.25) is 28.9 Å². The van der Waals surface area contributed by atoms with Gasteiger partial charge in [-0.05, 0) is 32.1 Å². The lowest BCUT2D eigenvalue weighted by Gasteiger charge is -2.21. The van der Waals surface area contributed by atoms with E-state index < -0.39 is 11.9 Å². The number of hydroxylamine groups is 2. The molecule has 41 heavy (non-hydrogen) atoms. The smallest absolute Gasteiger partial charge is 0.333 e. The Morgan fingerprint density at radius 2 is 1.02 bits per heavy atom. The first-order valence-corrected chi connectivity index (χ1v) is 15.3. The number of hydrogen-bond donors (Lipinski definition) is 3. The Morgan fingerprint density at radius 1 is 0.585 bits per heavy atom. The summed E-state index contributed by atoms with van der Waals surface area (Å²) >= 11 is 0. The van der Waals surface area contributed by atoms with Crippen molar-refractivity contribution in [3.8, 4) is 0 Å². The van der Waals surface area contributed by atoms with Crippen molar-refractivity contribution in [2.75, 3.05) is 39.3 Å². The van der Waals surface area contributed by atoms with E-state index in [0.29, 0.717) is 50.4 Å². The van der Waals surface area contributed by atoms with Gasteiger partial charge in [0.25, 0.3) is 12.3 Å². The minimum atomic E-state index is -0.673. The number of carbonyl (C=O) groups is 6. The maximum absolute atomic E-state index is 12.5. The molecule has 0 unspecified atom stereocenters. The van der Waals surface area contributed by atoms with E-state index in [-0.39, 0.29) is 56.6 Å². The summed E-state index contributed by atoms with van der Waals surface area (Å²) < 4.78 is 0. The minimum absolute atomic E-state index is 0.0343. The number of carbonyl (C=O) groups excluding carboxylic acids is 6. The molecule has 0 aromatic rings. The molecule has 0 spiro atoms. The fourth-order valence-corrected chi connectivity index (χ4v) is 3.91. The van der Waals surface area contributed by atoms with Crippen LogP contribution in [-0.2, 0) is 33.6 Å². The van der Waals surface area contributed by atoms with Crippen LogP contribution < -0.4 is 16.0 Å². The highest BCUT2D eigenvalue weighted by molar-refractivity contribution is 5.86. The summed E-state index contributed by atoms with van der Waals surface area (Å²) in [5.41, 5.74) is 0. The van der Waals surface area contributed by atoms with Gasteiger partial charge in [-0.1, -0.05) is 65.7 Å². The standard InChI is InChI=1S/C29H53N5O7/c1-4-7-9-13-18-30-25(36)21-33(22-26(37)31-19-14-10-8-5-2)23-27(38)32-20-15-11-12-17-29(40)41-34(24-35)28(39)16-6-3/h24H,4-23H2,1-3H3,(H,30,36)(H,31,37)(H,32,38). The van der Waals surface area contributed by atoms with Gasteiger partial charge < -0.3 is 20.8 Å². The second-order valence-corrected chi connectivity index (χ2v) is 10.2. The lowest BCUT2D eigenvalue weighted by molar-refractivity contribution is -0.196. The summed E-state index contributed by atoms with van der Waals surface area (Å²) in [5.74, 6) is -1.98. The van der Waals surface area contributed by atoms with E-state index in [1.807, 2.05) is 0 Å². The van der Waals surface area contributed by atoms with E-state index in [2.05, 4.69) is 29.8 Å². The van der Waals surface area contributed by atoms with Crippen molar-refractivity contribution < 1.29 is 33.6 Å². The predicted molar refractivity (Wildman–Crippen MR) is 156 cm³/mol. The van der Waals surface area contributed by atoms with Crippen LogP contribution >= 0.6 is 0 Å². The predicted octanol–water partition coefficient (Wildman–Crippen LogP) is 2.60. The SMILES string of the molecule is CCCCCCNC(=O)CN(CC(=O)NCCCCCC)CC(=O)NCCCCCC(=O)ON(C=O)C(=O)CCC. The zero-order valence-corrected chi connectivity index (χ0v) is 25.5. The van der Waals surface area contributed by atoms with Crippen LogP contribution in [0.3, 0.4) is 0 Å². The molecule has 5 amide bonds. The van der Waals surface area contributed by atoms with E-state index in [9.17, 15) is 28.8 Å². The maximum atomic E-state index is 12.5. The molecule has 0 bridgehead atoms. The molecular formula is C29H53N5O7. The number of unbranched alkanes of at least 4 members (excludes halogenated alkanes) is 8. The first kappa shape index (κ1) is 38.0. The highest BCUT2D eigenvalue weighted by Gasteiger charge is 2.18. The van der Waals surface area contributed by atoms with Crippen LogP contribution in [0, 0.1) is 0 Å². The number of amides is 5. The highest BCUT2D eigenvalue weighted by Crippen LogP contribution is 2.04. The van der Waals surface area contributed by atoms with E-state index in [0.717, 1.165) is 51.4 Å². The Bertz CT molecular complexity index is 751. The van der Waals surface area contributed by atoms with Crippen LogP contribution in [0.5, 0.6) is 0 Å². The van der Waals surface area contributed by atoms with Crippen LogP contribution in [0.15, 0.2) is 0 Å². The van der Waals surface area contributed by atoms with Gasteiger partial charge in [-0.2, -0.15) is 0 Å². The normalized spacial score (nSPS) is 10.6. The minimum Gasteiger partial charge on any atom is -0.355 e. The summed E-state index contributed by atoms with van der Waals surface area (Å²) in [4.78, 5) is 78.2. The zero-order chi connectivity index (χ0) is 30.7. The van der Waals surface area contributed by atoms with Crippen molar-refractivity contribution in [2.24, 2.45) is 0 Å². The number of hydrogen-bond acceptors (Lipinski definition) is 8. The number of nitrogens with one attached hydrogen (secondary N) is 3. The summed E-state index contributed by atoms with van der Waals surface area (Å²) in [5, 5.41) is 8.95. The molecule has 0 saturated heterocycles. The van der Waals surface area contributed by atoms with Gasteiger partial charge in [-0.25, -0.2) is 4.79 Å². The third kappa shape index (κ3) is 22.4. The maximum Gasteiger partial charge on any atom is 0.333 e. The molecule has 0 aromatic carbocycles. The molecule has 0 saturated carbocycles. The van der Waals surface area contributed by atoms with Gasteiger partial charge in [0.1, 0.15) is 0 Å².